The first-order valence-corrected chi connectivity index (χ1v) is 8.00. The number of carbonyl (C=O) groups is 2. The molecule has 2 aromatic rings. The standard InChI is InChI=1S/C19H20N2O3/c1-24-17-12-6-5-10-15(17)19(23)21-13-7-11-16(21)18(22)20-14-8-3-2-4-9-14/h2-6,8-10,12,16H,7,11,13H2,1H3,(H,20,22)/t16-/m1/s1. The van der Waals surface area contributed by atoms with Crippen molar-refractivity contribution < 1.29 is 14.3 Å². The Bertz CT molecular complexity index is 730. The van der Waals surface area contributed by atoms with Crippen molar-refractivity contribution in [3.05, 3.63) is 60.2 Å². The maximum Gasteiger partial charge on any atom is 0.258 e. The number of carbonyl (C=O) groups excluding carboxylic acids is 2. The molecule has 1 aliphatic heterocycles. The highest BCUT2D eigenvalue weighted by molar-refractivity contribution is 6.02. The second-order valence-corrected chi connectivity index (χ2v) is 5.71. The van der Waals surface area contributed by atoms with Gasteiger partial charge >= 0.3 is 0 Å². The molecule has 24 heavy (non-hydrogen) atoms. The van der Waals surface area contributed by atoms with Crippen molar-refractivity contribution in [3.63, 3.8) is 0 Å². The molecule has 1 N–H and O–H groups in total. The van der Waals surface area contributed by atoms with Crippen LogP contribution in [0.25, 0.3) is 0 Å². The monoisotopic (exact) mass is 324 g/mol. The largest absolute Gasteiger partial charge is 0.496 e. The van der Waals surface area contributed by atoms with Gasteiger partial charge in [-0.05, 0) is 37.1 Å². The van der Waals surface area contributed by atoms with E-state index in [1.54, 1.807) is 23.1 Å². The minimum Gasteiger partial charge on any atom is -0.496 e. The van der Waals surface area contributed by atoms with E-state index in [0.717, 1.165) is 12.1 Å². The number of likely N-dealkylation sites (tertiary alicyclic amines) is 1. The van der Waals surface area contributed by atoms with Crippen LogP contribution in [-0.4, -0.2) is 36.4 Å². The zero-order valence-corrected chi connectivity index (χ0v) is 13.6. The molecule has 124 valence electrons. The number of benzene rings is 2. The Morgan fingerprint density at radius 1 is 1.08 bits per heavy atom. The molecule has 1 aliphatic rings. The fraction of sp³-hybridized carbons (Fsp3) is 0.263. The van der Waals surface area contributed by atoms with E-state index in [-0.39, 0.29) is 11.8 Å². The van der Waals surface area contributed by atoms with Crippen molar-refractivity contribution in [1.29, 1.82) is 0 Å². The highest BCUT2D eigenvalue weighted by atomic mass is 16.5. The summed E-state index contributed by atoms with van der Waals surface area (Å²) in [6.45, 7) is 0.573. The summed E-state index contributed by atoms with van der Waals surface area (Å²) in [4.78, 5) is 27.1. The normalized spacial score (nSPS) is 16.7. The summed E-state index contributed by atoms with van der Waals surface area (Å²) >= 11 is 0. The first kappa shape index (κ1) is 16.1. The quantitative estimate of drug-likeness (QED) is 0.941. The van der Waals surface area contributed by atoms with Gasteiger partial charge in [-0.3, -0.25) is 9.59 Å². The van der Waals surface area contributed by atoms with Crippen molar-refractivity contribution in [3.8, 4) is 5.75 Å². The first-order chi connectivity index (χ1) is 11.7. The molecule has 1 atom stereocenters. The van der Waals surface area contributed by atoms with Crippen molar-refractivity contribution >= 4 is 17.5 Å². The van der Waals surface area contributed by atoms with E-state index < -0.39 is 6.04 Å². The Labute approximate surface area is 141 Å². The fourth-order valence-corrected chi connectivity index (χ4v) is 3.01. The number of para-hydroxylation sites is 2. The number of ether oxygens (including phenoxy) is 1. The molecule has 0 bridgehead atoms. The molecule has 0 unspecified atom stereocenters. The van der Waals surface area contributed by atoms with Crippen LogP contribution in [0.15, 0.2) is 54.6 Å². The van der Waals surface area contributed by atoms with Crippen LogP contribution in [0.3, 0.4) is 0 Å². The van der Waals surface area contributed by atoms with Crippen molar-refractivity contribution in [2.75, 3.05) is 19.0 Å². The van der Waals surface area contributed by atoms with Crippen LogP contribution in [-0.2, 0) is 4.79 Å². The zero-order chi connectivity index (χ0) is 16.9. The predicted molar refractivity (Wildman–Crippen MR) is 92.1 cm³/mol. The number of nitrogens with one attached hydrogen (secondary N) is 1. The highest BCUT2D eigenvalue weighted by Gasteiger charge is 2.35. The summed E-state index contributed by atoms with van der Waals surface area (Å²) in [5.41, 5.74) is 1.22. The Kier molecular flexibility index (Phi) is 4.79. The van der Waals surface area contributed by atoms with Crippen molar-refractivity contribution in [2.45, 2.75) is 18.9 Å². The van der Waals surface area contributed by atoms with E-state index in [1.165, 1.54) is 7.11 Å². The lowest BCUT2D eigenvalue weighted by Crippen LogP contribution is -2.43. The second-order valence-electron chi connectivity index (χ2n) is 5.71. The van der Waals surface area contributed by atoms with Gasteiger partial charge in [0, 0.05) is 12.2 Å². The smallest absolute Gasteiger partial charge is 0.258 e. The molecule has 0 aliphatic carbocycles. The molecule has 5 nitrogen and oxygen atoms in total. The average Bonchev–Trinajstić information content (AvgIpc) is 3.12. The molecule has 0 spiro atoms. The number of rotatable bonds is 4. The summed E-state index contributed by atoms with van der Waals surface area (Å²) in [7, 11) is 1.54. The topological polar surface area (TPSA) is 58.6 Å². The molecule has 1 fully saturated rings. The number of hydrogen-bond acceptors (Lipinski definition) is 3. The van der Waals surface area contributed by atoms with Crippen LogP contribution in [0, 0.1) is 0 Å². The van der Waals surface area contributed by atoms with Gasteiger partial charge in [0.25, 0.3) is 5.91 Å². The molecule has 1 saturated heterocycles. The third kappa shape index (κ3) is 3.25. The van der Waals surface area contributed by atoms with Crippen molar-refractivity contribution in [2.24, 2.45) is 0 Å². The van der Waals surface area contributed by atoms with Gasteiger partial charge in [-0.25, -0.2) is 0 Å². The van der Waals surface area contributed by atoms with Crippen LogP contribution in [0.2, 0.25) is 0 Å². The minimum atomic E-state index is -0.456. The number of anilines is 1. The SMILES string of the molecule is COc1ccccc1C(=O)N1CCC[C@@H]1C(=O)Nc1ccccc1. The lowest BCUT2D eigenvalue weighted by molar-refractivity contribution is -0.119. The Morgan fingerprint density at radius 2 is 1.79 bits per heavy atom. The van der Waals surface area contributed by atoms with Gasteiger partial charge < -0.3 is 15.0 Å². The second kappa shape index (κ2) is 7.17. The number of methoxy groups -OCH3 is 1. The number of nitrogens with zero attached hydrogens (tertiary/aromatic N) is 1. The van der Waals surface area contributed by atoms with Crippen molar-refractivity contribution in [1.82, 2.24) is 4.90 Å². The zero-order valence-electron chi connectivity index (χ0n) is 13.6. The molecular formula is C19H20N2O3. The van der Waals surface area contributed by atoms with Gasteiger partial charge in [0.2, 0.25) is 5.91 Å². The molecule has 2 aromatic carbocycles. The van der Waals surface area contributed by atoms with E-state index in [2.05, 4.69) is 5.32 Å². The van der Waals surface area contributed by atoms with Crippen LogP contribution >= 0.6 is 0 Å². The van der Waals surface area contributed by atoms with Gasteiger partial charge in [0.05, 0.1) is 12.7 Å². The Hall–Kier alpha value is -2.82. The average molecular weight is 324 g/mol. The van der Waals surface area contributed by atoms with E-state index >= 15 is 0 Å². The van der Waals surface area contributed by atoms with Gasteiger partial charge in [-0.15, -0.1) is 0 Å². The molecule has 2 amide bonds. The Morgan fingerprint density at radius 3 is 2.54 bits per heavy atom. The molecule has 0 aromatic heterocycles. The third-order valence-electron chi connectivity index (χ3n) is 4.20. The molecule has 1 heterocycles. The maximum absolute atomic E-state index is 12.9. The van der Waals surface area contributed by atoms with E-state index in [4.69, 9.17) is 4.74 Å². The lowest BCUT2D eigenvalue weighted by atomic mass is 10.1. The highest BCUT2D eigenvalue weighted by Crippen LogP contribution is 2.25. The fourth-order valence-electron chi connectivity index (χ4n) is 3.01. The molecule has 0 radical (unpaired) electrons. The first-order valence-electron chi connectivity index (χ1n) is 8.00. The Balaban J connectivity index is 1.77. The van der Waals surface area contributed by atoms with Gasteiger partial charge in [-0.2, -0.15) is 0 Å². The summed E-state index contributed by atoms with van der Waals surface area (Å²) < 4.78 is 5.27. The van der Waals surface area contributed by atoms with Gasteiger partial charge in [0.1, 0.15) is 11.8 Å². The van der Waals surface area contributed by atoms with E-state index in [0.29, 0.717) is 24.3 Å². The van der Waals surface area contributed by atoms with E-state index in [1.807, 2.05) is 36.4 Å². The molecule has 3 rings (SSSR count). The van der Waals surface area contributed by atoms with Crippen LogP contribution in [0.1, 0.15) is 23.2 Å². The summed E-state index contributed by atoms with van der Waals surface area (Å²) in [5.74, 6) is 0.205. The third-order valence-corrected chi connectivity index (χ3v) is 4.20. The van der Waals surface area contributed by atoms with Gasteiger partial charge in [0.15, 0.2) is 0 Å². The summed E-state index contributed by atoms with van der Waals surface area (Å²) in [6.07, 6.45) is 1.48. The summed E-state index contributed by atoms with van der Waals surface area (Å²) in [5, 5.41) is 2.88. The molecule has 5 heteroatoms. The van der Waals surface area contributed by atoms with Crippen LogP contribution in [0.4, 0.5) is 5.69 Å². The number of amides is 2. The molecular weight excluding hydrogens is 304 g/mol. The van der Waals surface area contributed by atoms with Crippen LogP contribution in [0.5, 0.6) is 5.75 Å². The van der Waals surface area contributed by atoms with Gasteiger partial charge in [-0.1, -0.05) is 30.3 Å². The lowest BCUT2D eigenvalue weighted by Gasteiger charge is -2.24. The predicted octanol–water partition coefficient (Wildman–Crippen LogP) is 2.94. The maximum atomic E-state index is 12.9. The minimum absolute atomic E-state index is 0.151. The summed E-state index contributed by atoms with van der Waals surface area (Å²) in [6, 6.07) is 15.9. The van der Waals surface area contributed by atoms with E-state index in [9.17, 15) is 9.59 Å². The number of hydrogen-bond donors (Lipinski definition) is 1. The van der Waals surface area contributed by atoms with Crippen LogP contribution < -0.4 is 10.1 Å². The molecule has 0 saturated carbocycles.